The average molecular weight is 382 g/mol. The Morgan fingerprint density at radius 3 is 2.77 bits per heavy atom. The summed E-state index contributed by atoms with van der Waals surface area (Å²) < 4.78 is 15.6. The highest BCUT2D eigenvalue weighted by Gasteiger charge is 2.12. The summed E-state index contributed by atoms with van der Waals surface area (Å²) in [7, 11) is 1.32. The number of carbonyl (C=O) groups excluding carboxylic acids is 1. The molecule has 8 nitrogen and oxygen atoms in total. The van der Waals surface area contributed by atoms with Crippen molar-refractivity contribution in [1.82, 2.24) is 15.5 Å². The highest BCUT2D eigenvalue weighted by Crippen LogP contribution is 2.18. The van der Waals surface area contributed by atoms with Gasteiger partial charge < -0.3 is 24.6 Å². The van der Waals surface area contributed by atoms with E-state index in [9.17, 15) is 9.90 Å². The Hall–Kier alpha value is -2.42. The van der Waals surface area contributed by atoms with Gasteiger partial charge >= 0.3 is 5.97 Å². The summed E-state index contributed by atoms with van der Waals surface area (Å²) in [6.45, 7) is 1.18. The molecule has 0 bridgehead atoms. The Balaban J connectivity index is 1.64. The van der Waals surface area contributed by atoms with Crippen molar-refractivity contribution in [3.8, 4) is 11.6 Å². The Labute approximate surface area is 156 Å². The van der Waals surface area contributed by atoms with Gasteiger partial charge in [-0.2, -0.15) is 0 Å². The standard InChI is InChI=1S/C17H20ClN3O5/c1-24-17(23)13-4-2-3-5-14(13)25-9-8-19-10-12(22)11-26-16-7-6-15(18)20-21-16/h2-7,12,19,22H,8-11H2,1H3. The molecule has 1 atom stereocenters. The van der Waals surface area contributed by atoms with Crippen LogP contribution in [-0.2, 0) is 4.74 Å². The van der Waals surface area contributed by atoms with Gasteiger partial charge in [0.25, 0.3) is 0 Å². The molecule has 1 aromatic heterocycles. The third kappa shape index (κ3) is 6.47. The maximum Gasteiger partial charge on any atom is 0.341 e. The highest BCUT2D eigenvalue weighted by atomic mass is 35.5. The van der Waals surface area contributed by atoms with E-state index in [0.29, 0.717) is 31.0 Å². The number of nitrogens with zero attached hydrogens (tertiary/aromatic N) is 2. The number of esters is 1. The first-order valence-electron chi connectivity index (χ1n) is 7.91. The van der Waals surface area contributed by atoms with Crippen LogP contribution in [0.25, 0.3) is 0 Å². The second-order valence-corrected chi connectivity index (χ2v) is 5.59. The van der Waals surface area contributed by atoms with Crippen LogP contribution in [-0.4, -0.2) is 60.8 Å². The molecule has 1 aromatic carbocycles. The summed E-state index contributed by atoms with van der Waals surface area (Å²) >= 11 is 5.63. The van der Waals surface area contributed by atoms with Crippen LogP contribution in [0, 0.1) is 0 Å². The van der Waals surface area contributed by atoms with E-state index < -0.39 is 12.1 Å². The normalized spacial score (nSPS) is 11.7. The summed E-state index contributed by atoms with van der Waals surface area (Å²) in [6.07, 6.45) is -0.727. The number of halogens is 1. The lowest BCUT2D eigenvalue weighted by atomic mass is 10.2. The number of hydrogen-bond donors (Lipinski definition) is 2. The second-order valence-electron chi connectivity index (χ2n) is 5.20. The molecule has 1 heterocycles. The number of aliphatic hydroxyl groups excluding tert-OH is 1. The number of hydrogen-bond acceptors (Lipinski definition) is 8. The first kappa shape index (κ1) is 19.9. The molecule has 0 aliphatic rings. The molecule has 2 aromatic rings. The maximum atomic E-state index is 11.6. The van der Waals surface area contributed by atoms with E-state index in [1.54, 1.807) is 36.4 Å². The Kier molecular flexibility index (Phi) is 8.07. The number of carbonyl (C=O) groups is 1. The van der Waals surface area contributed by atoms with Gasteiger partial charge in [0.1, 0.15) is 30.6 Å². The van der Waals surface area contributed by atoms with E-state index in [2.05, 4.69) is 15.5 Å². The van der Waals surface area contributed by atoms with Crippen molar-refractivity contribution in [3.05, 3.63) is 47.1 Å². The molecule has 0 saturated heterocycles. The van der Waals surface area contributed by atoms with Crippen LogP contribution in [0.3, 0.4) is 0 Å². The zero-order chi connectivity index (χ0) is 18.8. The number of nitrogens with one attached hydrogen (secondary N) is 1. The molecule has 0 fully saturated rings. The van der Waals surface area contributed by atoms with Gasteiger partial charge in [0.05, 0.1) is 7.11 Å². The van der Waals surface area contributed by atoms with Gasteiger partial charge in [-0.1, -0.05) is 23.7 Å². The molecule has 0 radical (unpaired) electrons. The van der Waals surface area contributed by atoms with Crippen molar-refractivity contribution < 1.29 is 24.1 Å². The lowest BCUT2D eigenvalue weighted by molar-refractivity contribution is 0.0596. The summed E-state index contributed by atoms with van der Waals surface area (Å²) in [4.78, 5) is 11.6. The predicted molar refractivity (Wildman–Crippen MR) is 94.7 cm³/mol. The molecule has 0 aliphatic carbocycles. The van der Waals surface area contributed by atoms with Crippen molar-refractivity contribution >= 4 is 17.6 Å². The van der Waals surface area contributed by atoms with Gasteiger partial charge in [0.15, 0.2) is 5.15 Å². The van der Waals surface area contributed by atoms with E-state index in [1.165, 1.54) is 7.11 Å². The van der Waals surface area contributed by atoms with Gasteiger partial charge in [0.2, 0.25) is 5.88 Å². The monoisotopic (exact) mass is 381 g/mol. The number of methoxy groups -OCH3 is 1. The number of ether oxygens (including phenoxy) is 3. The molecule has 0 aliphatic heterocycles. The van der Waals surface area contributed by atoms with E-state index in [-0.39, 0.29) is 17.6 Å². The van der Waals surface area contributed by atoms with Crippen LogP contribution in [0.2, 0.25) is 5.15 Å². The van der Waals surface area contributed by atoms with Crippen molar-refractivity contribution in [1.29, 1.82) is 0 Å². The van der Waals surface area contributed by atoms with Gasteiger partial charge in [-0.15, -0.1) is 10.2 Å². The average Bonchev–Trinajstić information content (AvgIpc) is 2.67. The highest BCUT2D eigenvalue weighted by molar-refractivity contribution is 6.29. The molecule has 140 valence electrons. The Bertz CT molecular complexity index is 699. The second kappa shape index (κ2) is 10.5. The Morgan fingerprint density at radius 1 is 1.23 bits per heavy atom. The molecule has 2 N–H and O–H groups in total. The van der Waals surface area contributed by atoms with Gasteiger partial charge in [-0.25, -0.2) is 4.79 Å². The van der Waals surface area contributed by atoms with Crippen molar-refractivity contribution in [2.45, 2.75) is 6.10 Å². The van der Waals surface area contributed by atoms with Crippen LogP contribution >= 0.6 is 11.6 Å². The number of aliphatic hydroxyl groups is 1. The summed E-state index contributed by atoms with van der Waals surface area (Å²) in [6, 6.07) is 9.96. The quantitative estimate of drug-likeness (QED) is 0.469. The van der Waals surface area contributed by atoms with Crippen molar-refractivity contribution in [2.75, 3.05) is 33.4 Å². The van der Waals surface area contributed by atoms with Gasteiger partial charge in [-0.05, 0) is 18.2 Å². The van der Waals surface area contributed by atoms with Crippen LogP contribution in [0.1, 0.15) is 10.4 Å². The first-order chi connectivity index (χ1) is 12.6. The minimum Gasteiger partial charge on any atom is -0.491 e. The molecule has 26 heavy (non-hydrogen) atoms. The van der Waals surface area contributed by atoms with Crippen molar-refractivity contribution in [3.63, 3.8) is 0 Å². The van der Waals surface area contributed by atoms with E-state index >= 15 is 0 Å². The molecule has 9 heteroatoms. The van der Waals surface area contributed by atoms with E-state index in [0.717, 1.165) is 0 Å². The Morgan fingerprint density at radius 2 is 2.04 bits per heavy atom. The lowest BCUT2D eigenvalue weighted by Crippen LogP contribution is -2.33. The zero-order valence-corrected chi connectivity index (χ0v) is 15.0. The molecular weight excluding hydrogens is 362 g/mol. The SMILES string of the molecule is COC(=O)c1ccccc1OCCNCC(O)COc1ccc(Cl)nn1. The lowest BCUT2D eigenvalue weighted by Gasteiger charge is -2.13. The smallest absolute Gasteiger partial charge is 0.341 e. The zero-order valence-electron chi connectivity index (χ0n) is 14.2. The third-order valence-electron chi connectivity index (χ3n) is 3.24. The van der Waals surface area contributed by atoms with Gasteiger partial charge in [-0.3, -0.25) is 0 Å². The molecule has 0 spiro atoms. The van der Waals surface area contributed by atoms with E-state index in [1.807, 2.05) is 0 Å². The third-order valence-corrected chi connectivity index (χ3v) is 3.44. The van der Waals surface area contributed by atoms with Gasteiger partial charge in [0, 0.05) is 19.2 Å². The molecule has 0 amide bonds. The number of benzene rings is 1. The van der Waals surface area contributed by atoms with Crippen LogP contribution < -0.4 is 14.8 Å². The fourth-order valence-corrected chi connectivity index (χ4v) is 2.09. The summed E-state index contributed by atoms with van der Waals surface area (Å²) in [5, 5.41) is 20.5. The number of para-hydroxylation sites is 1. The van der Waals surface area contributed by atoms with E-state index in [4.69, 9.17) is 25.8 Å². The minimum atomic E-state index is -0.727. The summed E-state index contributed by atoms with van der Waals surface area (Å²) in [5.74, 6) is 0.286. The molecule has 0 saturated carbocycles. The number of aromatic nitrogens is 2. The topological polar surface area (TPSA) is 103 Å². The minimum absolute atomic E-state index is 0.0648. The van der Waals surface area contributed by atoms with Crippen LogP contribution in [0.4, 0.5) is 0 Å². The van der Waals surface area contributed by atoms with Crippen molar-refractivity contribution in [2.24, 2.45) is 0 Å². The molecule has 2 rings (SSSR count). The fraction of sp³-hybridized carbons (Fsp3) is 0.353. The number of rotatable bonds is 10. The fourth-order valence-electron chi connectivity index (χ4n) is 1.99. The molecule has 1 unspecified atom stereocenters. The predicted octanol–water partition coefficient (Wildman–Crippen LogP) is 1.32. The first-order valence-corrected chi connectivity index (χ1v) is 8.29. The largest absolute Gasteiger partial charge is 0.491 e. The molecular formula is C17H20ClN3O5. The maximum absolute atomic E-state index is 11.6. The summed E-state index contributed by atoms with van der Waals surface area (Å²) in [5.41, 5.74) is 0.368. The van der Waals surface area contributed by atoms with Crippen LogP contribution in [0.5, 0.6) is 11.6 Å². The van der Waals surface area contributed by atoms with Crippen LogP contribution in [0.15, 0.2) is 36.4 Å².